The van der Waals surface area contributed by atoms with Crippen LogP contribution in [0.25, 0.3) is 10.2 Å². The van der Waals surface area contributed by atoms with Gasteiger partial charge in [0.15, 0.2) is 5.16 Å². The lowest BCUT2D eigenvalue weighted by Gasteiger charge is -2.11. The molecule has 9 heteroatoms. The molecule has 0 spiro atoms. The molecule has 1 aromatic carbocycles. The van der Waals surface area contributed by atoms with Crippen molar-refractivity contribution in [2.75, 3.05) is 12.3 Å². The van der Waals surface area contributed by atoms with Crippen LogP contribution in [0, 0.1) is 11.6 Å². The van der Waals surface area contributed by atoms with E-state index >= 15 is 0 Å². The lowest BCUT2D eigenvalue weighted by atomic mass is 9.97. The highest BCUT2D eigenvalue weighted by Gasteiger charge is 2.21. The molecule has 0 bridgehead atoms. The second-order valence-corrected chi connectivity index (χ2v) is 9.26. The Morgan fingerprint density at radius 2 is 2.00 bits per heavy atom. The molecule has 0 unspecified atom stereocenters. The van der Waals surface area contributed by atoms with Gasteiger partial charge in [-0.3, -0.25) is 14.2 Å². The van der Waals surface area contributed by atoms with Crippen molar-refractivity contribution in [3.63, 3.8) is 0 Å². The molecule has 0 fully saturated rings. The standard InChI is InChI=1S/C21H21F2N3O2S2/c1-26-20(28)18-13-5-2-3-8-16(13)30-19(18)25-21(26)29-11-17(27)24-10-9-12-14(22)6-4-7-15(12)23/h4,6-7H,2-3,5,8-11H2,1H3,(H,24,27). The number of halogens is 2. The molecule has 3 aromatic rings. The number of fused-ring (bicyclic) bond motifs is 3. The average molecular weight is 450 g/mol. The maximum Gasteiger partial charge on any atom is 0.262 e. The zero-order chi connectivity index (χ0) is 21.3. The monoisotopic (exact) mass is 449 g/mol. The normalized spacial score (nSPS) is 13.4. The minimum absolute atomic E-state index is 0.0402. The summed E-state index contributed by atoms with van der Waals surface area (Å²) in [6.07, 6.45) is 4.21. The Kier molecular flexibility index (Phi) is 6.19. The third kappa shape index (κ3) is 4.13. The topological polar surface area (TPSA) is 64.0 Å². The zero-order valence-electron chi connectivity index (χ0n) is 16.5. The number of hydrogen-bond acceptors (Lipinski definition) is 5. The van der Waals surface area contributed by atoms with E-state index in [1.807, 2.05) is 0 Å². The van der Waals surface area contributed by atoms with Crippen LogP contribution in [-0.4, -0.2) is 27.8 Å². The van der Waals surface area contributed by atoms with Gasteiger partial charge >= 0.3 is 0 Å². The number of amides is 1. The van der Waals surface area contributed by atoms with Gasteiger partial charge in [-0.1, -0.05) is 17.8 Å². The number of aromatic nitrogens is 2. The van der Waals surface area contributed by atoms with Crippen LogP contribution < -0.4 is 10.9 Å². The molecule has 1 N–H and O–H groups in total. The van der Waals surface area contributed by atoms with Gasteiger partial charge in [0.25, 0.3) is 5.56 Å². The third-order valence-electron chi connectivity index (χ3n) is 5.25. The van der Waals surface area contributed by atoms with Crippen molar-refractivity contribution in [1.29, 1.82) is 0 Å². The fraction of sp³-hybridized carbons (Fsp3) is 0.381. The maximum atomic E-state index is 13.6. The quantitative estimate of drug-likeness (QED) is 0.461. The molecule has 2 heterocycles. The van der Waals surface area contributed by atoms with E-state index in [-0.39, 0.29) is 35.7 Å². The summed E-state index contributed by atoms with van der Waals surface area (Å²) >= 11 is 2.76. The van der Waals surface area contributed by atoms with E-state index < -0.39 is 11.6 Å². The fourth-order valence-corrected chi connectivity index (χ4v) is 5.78. The van der Waals surface area contributed by atoms with Crippen LogP contribution in [-0.2, 0) is 31.1 Å². The number of hydrogen-bond donors (Lipinski definition) is 1. The Balaban J connectivity index is 1.40. The van der Waals surface area contributed by atoms with Crippen molar-refractivity contribution in [3.8, 4) is 0 Å². The molecule has 2 aromatic heterocycles. The Morgan fingerprint density at radius 1 is 1.27 bits per heavy atom. The summed E-state index contributed by atoms with van der Waals surface area (Å²) in [5.41, 5.74) is 1.03. The third-order valence-corrected chi connectivity index (χ3v) is 7.46. The first-order valence-corrected chi connectivity index (χ1v) is 11.6. The van der Waals surface area contributed by atoms with Crippen molar-refractivity contribution in [1.82, 2.24) is 14.9 Å². The molecule has 0 atom stereocenters. The van der Waals surface area contributed by atoms with Gasteiger partial charge in [-0.25, -0.2) is 13.8 Å². The first-order chi connectivity index (χ1) is 14.5. The predicted molar refractivity (Wildman–Crippen MR) is 115 cm³/mol. The summed E-state index contributed by atoms with van der Waals surface area (Å²) in [6, 6.07) is 3.70. The number of nitrogens with one attached hydrogen (secondary N) is 1. The number of aryl methyl sites for hydroxylation is 2. The molecule has 0 saturated carbocycles. The van der Waals surface area contributed by atoms with Crippen molar-refractivity contribution >= 4 is 39.2 Å². The number of benzene rings is 1. The van der Waals surface area contributed by atoms with E-state index in [9.17, 15) is 18.4 Å². The van der Waals surface area contributed by atoms with Crippen LogP contribution in [0.5, 0.6) is 0 Å². The molecular weight excluding hydrogens is 428 g/mol. The lowest BCUT2D eigenvalue weighted by Crippen LogP contribution is -2.28. The van der Waals surface area contributed by atoms with Gasteiger partial charge in [0.2, 0.25) is 5.91 Å². The minimum atomic E-state index is -0.621. The Labute approximate surface area is 180 Å². The molecule has 30 heavy (non-hydrogen) atoms. The smallest absolute Gasteiger partial charge is 0.262 e. The van der Waals surface area contributed by atoms with Gasteiger partial charge in [0, 0.05) is 24.0 Å². The Morgan fingerprint density at radius 3 is 2.77 bits per heavy atom. The molecule has 1 aliphatic rings. The van der Waals surface area contributed by atoms with Crippen molar-refractivity contribution < 1.29 is 13.6 Å². The van der Waals surface area contributed by atoms with Gasteiger partial charge < -0.3 is 5.32 Å². The molecule has 5 nitrogen and oxygen atoms in total. The van der Waals surface area contributed by atoms with Gasteiger partial charge in [0.05, 0.1) is 11.1 Å². The second kappa shape index (κ2) is 8.85. The van der Waals surface area contributed by atoms with Gasteiger partial charge in [-0.05, 0) is 49.8 Å². The van der Waals surface area contributed by atoms with E-state index in [4.69, 9.17) is 0 Å². The van der Waals surface area contributed by atoms with Crippen LogP contribution in [0.15, 0.2) is 28.2 Å². The number of nitrogens with zero attached hydrogens (tertiary/aromatic N) is 2. The Bertz CT molecular complexity index is 1150. The molecule has 158 valence electrons. The summed E-state index contributed by atoms with van der Waals surface area (Å²) in [5.74, 6) is -1.46. The molecule has 0 aliphatic heterocycles. The molecule has 1 aliphatic carbocycles. The summed E-state index contributed by atoms with van der Waals surface area (Å²) in [5, 5.41) is 3.87. The highest BCUT2D eigenvalue weighted by atomic mass is 32.2. The largest absolute Gasteiger partial charge is 0.355 e. The van der Waals surface area contributed by atoms with Crippen molar-refractivity contribution in [3.05, 3.63) is 56.2 Å². The van der Waals surface area contributed by atoms with Crippen LogP contribution in [0.4, 0.5) is 8.78 Å². The predicted octanol–water partition coefficient (Wildman–Crippen LogP) is 3.60. The first kappa shape index (κ1) is 21.0. The molecule has 1 amide bonds. The van der Waals surface area contributed by atoms with Crippen LogP contribution in [0.1, 0.15) is 28.8 Å². The zero-order valence-corrected chi connectivity index (χ0v) is 18.1. The maximum absolute atomic E-state index is 13.6. The number of carbonyl (C=O) groups is 1. The summed E-state index contributed by atoms with van der Waals surface area (Å²) < 4.78 is 28.8. The number of carbonyl (C=O) groups excluding carboxylic acids is 1. The fourth-order valence-electron chi connectivity index (χ4n) is 3.68. The molecular formula is C21H21F2N3O2S2. The van der Waals surface area contributed by atoms with Gasteiger partial charge in [0.1, 0.15) is 16.5 Å². The summed E-state index contributed by atoms with van der Waals surface area (Å²) in [4.78, 5) is 31.6. The van der Waals surface area contributed by atoms with Crippen molar-refractivity contribution in [2.24, 2.45) is 7.05 Å². The first-order valence-electron chi connectivity index (χ1n) is 9.79. The Hall–Kier alpha value is -2.26. The van der Waals surface area contributed by atoms with Crippen LogP contribution >= 0.6 is 23.1 Å². The number of thioether (sulfide) groups is 1. The highest BCUT2D eigenvalue weighted by molar-refractivity contribution is 7.99. The molecule has 4 rings (SSSR count). The van der Waals surface area contributed by atoms with Crippen LogP contribution in [0.3, 0.4) is 0 Å². The van der Waals surface area contributed by atoms with Crippen molar-refractivity contribution in [2.45, 2.75) is 37.3 Å². The van der Waals surface area contributed by atoms with E-state index in [1.165, 1.54) is 39.4 Å². The molecule has 0 saturated heterocycles. The second-order valence-electron chi connectivity index (χ2n) is 7.24. The van der Waals surface area contributed by atoms with E-state index in [0.717, 1.165) is 41.5 Å². The number of thiophene rings is 1. The van der Waals surface area contributed by atoms with Crippen LogP contribution in [0.2, 0.25) is 0 Å². The SMILES string of the molecule is Cn1c(SCC(=O)NCCc2c(F)cccc2F)nc2sc3c(c2c1=O)CCCC3. The number of rotatable bonds is 6. The summed E-state index contributed by atoms with van der Waals surface area (Å²) in [6.45, 7) is 0.125. The van der Waals surface area contributed by atoms with E-state index in [2.05, 4.69) is 10.3 Å². The average Bonchev–Trinajstić information content (AvgIpc) is 3.10. The van der Waals surface area contributed by atoms with E-state index in [1.54, 1.807) is 18.4 Å². The minimum Gasteiger partial charge on any atom is -0.355 e. The lowest BCUT2D eigenvalue weighted by molar-refractivity contribution is -0.118. The summed E-state index contributed by atoms with van der Waals surface area (Å²) in [7, 11) is 1.67. The van der Waals surface area contributed by atoms with Gasteiger partial charge in [-0.2, -0.15) is 0 Å². The molecule has 0 radical (unpaired) electrons. The highest BCUT2D eigenvalue weighted by Crippen LogP contribution is 2.34. The van der Waals surface area contributed by atoms with Gasteiger partial charge in [-0.15, -0.1) is 11.3 Å². The van der Waals surface area contributed by atoms with E-state index in [0.29, 0.717) is 5.16 Å².